The molecule has 0 saturated heterocycles. The molecule has 0 bridgehead atoms. The molecule has 0 atom stereocenters. The minimum atomic E-state index is -0.620. The molecule has 0 aliphatic carbocycles. The van der Waals surface area contributed by atoms with Gasteiger partial charge in [-0.1, -0.05) is 6.07 Å². The van der Waals surface area contributed by atoms with Crippen LogP contribution in [0.25, 0.3) is 6.08 Å². The number of ether oxygens (including phenoxy) is 5. The van der Waals surface area contributed by atoms with Crippen LogP contribution < -0.4 is 18.9 Å². The molecule has 2 aromatic carbocycles. The van der Waals surface area contributed by atoms with Gasteiger partial charge in [-0.25, -0.2) is 4.79 Å². The third kappa shape index (κ3) is 5.28. The zero-order valence-electron chi connectivity index (χ0n) is 16.3. The molecular weight excluding hydrogens is 376 g/mol. The Labute approximate surface area is 168 Å². The minimum Gasteiger partial charge on any atom is -0.493 e. The molecule has 1 aliphatic rings. The van der Waals surface area contributed by atoms with Crippen molar-refractivity contribution in [3.63, 3.8) is 0 Å². The molecule has 0 fully saturated rings. The molecular formula is C22H22O7. The molecule has 0 N–H and O–H groups in total. The number of hydrogen-bond acceptors (Lipinski definition) is 7. The maximum absolute atomic E-state index is 12.3. The Hall–Kier alpha value is -3.48. The Morgan fingerprint density at radius 3 is 2.48 bits per heavy atom. The minimum absolute atomic E-state index is 0.344. The van der Waals surface area contributed by atoms with Gasteiger partial charge in [0.05, 0.1) is 27.4 Å². The van der Waals surface area contributed by atoms with E-state index in [1.807, 2.05) is 6.07 Å². The summed E-state index contributed by atoms with van der Waals surface area (Å²) < 4.78 is 26.5. The number of esters is 1. The lowest BCUT2D eigenvalue weighted by Crippen LogP contribution is -2.12. The fourth-order valence-electron chi connectivity index (χ4n) is 2.73. The molecule has 7 heteroatoms. The van der Waals surface area contributed by atoms with Gasteiger partial charge in [0.2, 0.25) is 0 Å². The van der Waals surface area contributed by atoms with Gasteiger partial charge in [-0.05, 0) is 42.0 Å². The van der Waals surface area contributed by atoms with E-state index in [4.69, 9.17) is 23.7 Å². The van der Waals surface area contributed by atoms with Crippen LogP contribution in [-0.4, -0.2) is 45.8 Å². The van der Waals surface area contributed by atoms with E-state index in [2.05, 4.69) is 0 Å². The van der Waals surface area contributed by atoms with Gasteiger partial charge in [0.1, 0.15) is 0 Å². The molecule has 0 aromatic heterocycles. The van der Waals surface area contributed by atoms with Gasteiger partial charge in [0, 0.05) is 18.1 Å². The van der Waals surface area contributed by atoms with Crippen molar-refractivity contribution in [2.24, 2.45) is 0 Å². The highest BCUT2D eigenvalue weighted by Gasteiger charge is 2.13. The highest BCUT2D eigenvalue weighted by molar-refractivity contribution is 5.99. The fourth-order valence-corrected chi connectivity index (χ4v) is 2.73. The second-order valence-electron chi connectivity index (χ2n) is 6.19. The summed E-state index contributed by atoms with van der Waals surface area (Å²) in [5, 5.41) is 0. The average molecular weight is 398 g/mol. The van der Waals surface area contributed by atoms with Crippen molar-refractivity contribution in [3.8, 4) is 23.0 Å². The van der Waals surface area contributed by atoms with Crippen molar-refractivity contribution in [1.82, 2.24) is 0 Å². The van der Waals surface area contributed by atoms with Gasteiger partial charge < -0.3 is 23.7 Å². The normalized spacial score (nSPS) is 12.9. The summed E-state index contributed by atoms with van der Waals surface area (Å²) in [5.41, 5.74) is 1.12. The number of methoxy groups -OCH3 is 2. The van der Waals surface area contributed by atoms with E-state index in [-0.39, 0.29) is 12.4 Å². The number of rotatable bonds is 7. The van der Waals surface area contributed by atoms with Crippen molar-refractivity contribution < 1.29 is 33.3 Å². The van der Waals surface area contributed by atoms with Gasteiger partial charge in [0.15, 0.2) is 35.4 Å². The topological polar surface area (TPSA) is 80.3 Å². The van der Waals surface area contributed by atoms with Gasteiger partial charge in [-0.3, -0.25) is 4.79 Å². The lowest BCUT2D eigenvalue weighted by molar-refractivity contribution is -0.136. The number of benzene rings is 2. The smallest absolute Gasteiger partial charge is 0.331 e. The van der Waals surface area contributed by atoms with Crippen molar-refractivity contribution in [1.29, 1.82) is 0 Å². The molecule has 152 valence electrons. The van der Waals surface area contributed by atoms with Gasteiger partial charge in [-0.15, -0.1) is 0 Å². The van der Waals surface area contributed by atoms with E-state index >= 15 is 0 Å². The van der Waals surface area contributed by atoms with E-state index in [9.17, 15) is 9.59 Å². The van der Waals surface area contributed by atoms with Crippen LogP contribution in [0.15, 0.2) is 42.5 Å². The van der Waals surface area contributed by atoms with E-state index in [1.54, 1.807) is 36.4 Å². The molecule has 0 saturated carbocycles. The molecule has 7 nitrogen and oxygen atoms in total. The lowest BCUT2D eigenvalue weighted by Gasteiger charge is -2.09. The van der Waals surface area contributed by atoms with Crippen LogP contribution in [-0.2, 0) is 9.53 Å². The Morgan fingerprint density at radius 2 is 1.72 bits per heavy atom. The molecule has 0 amide bonds. The molecule has 1 heterocycles. The molecule has 0 radical (unpaired) electrons. The first-order chi connectivity index (χ1) is 14.1. The third-order valence-electron chi connectivity index (χ3n) is 4.23. The standard InChI is InChI=1S/C22H22O7/c1-25-18-8-6-16(13-20(18)26-2)17(23)14-29-22(24)9-5-15-4-7-19-21(12-15)28-11-3-10-27-19/h4-9,12-13H,3,10-11,14H2,1-2H3/b9-5+. The first kappa shape index (κ1) is 20.3. The largest absolute Gasteiger partial charge is 0.493 e. The van der Waals surface area contributed by atoms with Crippen LogP contribution in [0.5, 0.6) is 23.0 Å². The predicted octanol–water partition coefficient (Wildman–Crippen LogP) is 3.30. The number of Topliss-reactive ketones (excluding diaryl/α,β-unsaturated/α-hetero) is 1. The number of hydrogen-bond donors (Lipinski definition) is 0. The molecule has 2 aromatic rings. The van der Waals surface area contributed by atoms with Crippen LogP contribution in [0.1, 0.15) is 22.3 Å². The summed E-state index contributed by atoms with van der Waals surface area (Å²) in [7, 11) is 2.99. The monoisotopic (exact) mass is 398 g/mol. The number of ketones is 1. The van der Waals surface area contributed by atoms with Crippen molar-refractivity contribution in [2.45, 2.75) is 6.42 Å². The zero-order valence-corrected chi connectivity index (χ0v) is 16.3. The molecule has 0 spiro atoms. The second-order valence-corrected chi connectivity index (χ2v) is 6.19. The maximum atomic E-state index is 12.3. The van der Waals surface area contributed by atoms with Gasteiger partial charge in [0.25, 0.3) is 0 Å². The molecule has 1 aliphatic heterocycles. The summed E-state index contributed by atoms with van der Waals surface area (Å²) in [6.07, 6.45) is 3.68. The van der Waals surface area contributed by atoms with Crippen LogP contribution in [0.4, 0.5) is 0 Å². The Bertz CT molecular complexity index is 917. The first-order valence-corrected chi connectivity index (χ1v) is 9.10. The Kier molecular flexibility index (Phi) is 6.73. The van der Waals surface area contributed by atoms with E-state index in [0.717, 1.165) is 12.0 Å². The summed E-state index contributed by atoms with van der Waals surface area (Å²) in [5.74, 6) is 1.30. The Balaban J connectivity index is 1.57. The Morgan fingerprint density at radius 1 is 0.966 bits per heavy atom. The summed E-state index contributed by atoms with van der Waals surface area (Å²) in [6, 6.07) is 10.2. The van der Waals surface area contributed by atoms with Crippen molar-refractivity contribution >= 4 is 17.8 Å². The van der Waals surface area contributed by atoms with Crippen molar-refractivity contribution in [3.05, 3.63) is 53.6 Å². The quantitative estimate of drug-likeness (QED) is 0.402. The summed E-state index contributed by atoms with van der Waals surface area (Å²) >= 11 is 0. The van der Waals surface area contributed by atoms with Crippen LogP contribution in [0.2, 0.25) is 0 Å². The van der Waals surface area contributed by atoms with E-state index < -0.39 is 5.97 Å². The third-order valence-corrected chi connectivity index (χ3v) is 4.23. The van der Waals surface area contributed by atoms with Crippen LogP contribution >= 0.6 is 0 Å². The predicted molar refractivity (Wildman–Crippen MR) is 106 cm³/mol. The maximum Gasteiger partial charge on any atom is 0.331 e. The average Bonchev–Trinajstić information content (AvgIpc) is 3.00. The van der Waals surface area contributed by atoms with Gasteiger partial charge in [-0.2, -0.15) is 0 Å². The number of carbonyl (C=O) groups excluding carboxylic acids is 2. The lowest BCUT2D eigenvalue weighted by atomic mass is 10.1. The summed E-state index contributed by atoms with van der Waals surface area (Å²) in [6.45, 7) is 0.822. The van der Waals surface area contributed by atoms with Crippen LogP contribution in [0, 0.1) is 0 Å². The van der Waals surface area contributed by atoms with Crippen LogP contribution in [0.3, 0.4) is 0 Å². The molecule has 29 heavy (non-hydrogen) atoms. The van der Waals surface area contributed by atoms with Gasteiger partial charge >= 0.3 is 5.97 Å². The second kappa shape index (κ2) is 9.64. The fraction of sp³-hybridized carbons (Fsp3) is 0.273. The number of carbonyl (C=O) groups is 2. The highest BCUT2D eigenvalue weighted by Crippen LogP contribution is 2.31. The summed E-state index contributed by atoms with van der Waals surface area (Å²) in [4.78, 5) is 24.2. The molecule has 3 rings (SSSR count). The SMILES string of the molecule is COc1ccc(C(=O)COC(=O)/C=C/c2ccc3c(c2)OCCCO3)cc1OC. The van der Waals surface area contributed by atoms with E-state index in [0.29, 0.717) is 41.8 Å². The highest BCUT2D eigenvalue weighted by atomic mass is 16.5. The zero-order chi connectivity index (χ0) is 20.6. The number of fused-ring (bicyclic) bond motifs is 1. The molecule has 0 unspecified atom stereocenters. The van der Waals surface area contributed by atoms with E-state index in [1.165, 1.54) is 20.3 Å². The van der Waals surface area contributed by atoms with Crippen molar-refractivity contribution in [2.75, 3.05) is 34.0 Å². The first-order valence-electron chi connectivity index (χ1n) is 9.10.